The zero-order valence-corrected chi connectivity index (χ0v) is 14.1. The Morgan fingerprint density at radius 3 is 2.30 bits per heavy atom. The monoisotopic (exact) mass is 365 g/mol. The Balaban J connectivity index is 1.60. The Morgan fingerprint density at radius 2 is 1.52 bits per heavy atom. The van der Waals surface area contributed by atoms with Crippen LogP contribution < -0.4 is 24.3 Å². The van der Waals surface area contributed by atoms with Gasteiger partial charge in [-0.15, -0.1) is 0 Å². The Hall–Kier alpha value is -3.68. The van der Waals surface area contributed by atoms with Gasteiger partial charge in [-0.3, -0.25) is 0 Å². The number of phenols is 1. The number of nitrogens with one attached hydrogen (secondary N) is 1. The zero-order chi connectivity index (χ0) is 18.2. The molecular formula is C19H15N3O5. The Kier molecular flexibility index (Phi) is 3.60. The van der Waals surface area contributed by atoms with E-state index in [1.54, 1.807) is 30.6 Å². The molecule has 0 saturated carbocycles. The van der Waals surface area contributed by atoms with Crippen molar-refractivity contribution in [3.8, 4) is 28.7 Å². The lowest BCUT2D eigenvalue weighted by Crippen LogP contribution is -2.14. The van der Waals surface area contributed by atoms with Crippen LogP contribution in [0, 0.1) is 0 Å². The Morgan fingerprint density at radius 1 is 0.852 bits per heavy atom. The number of aromatic nitrogens is 2. The molecule has 0 amide bonds. The molecule has 136 valence electrons. The number of aromatic hydroxyl groups is 1. The normalized spacial score (nSPS) is 14.8. The molecule has 3 heterocycles. The van der Waals surface area contributed by atoms with E-state index in [4.69, 9.17) is 18.9 Å². The molecule has 1 atom stereocenters. The fourth-order valence-electron chi connectivity index (χ4n) is 3.11. The van der Waals surface area contributed by atoms with Crippen LogP contribution in [0.4, 0.5) is 5.95 Å². The highest BCUT2D eigenvalue weighted by molar-refractivity contribution is 5.57. The number of ether oxygens (including phenoxy) is 4. The third-order valence-electron chi connectivity index (χ3n) is 4.40. The maximum Gasteiger partial charge on any atom is 0.231 e. The van der Waals surface area contributed by atoms with Crippen LogP contribution >= 0.6 is 0 Å². The zero-order valence-electron chi connectivity index (χ0n) is 14.1. The maximum absolute atomic E-state index is 10.6. The standard InChI is InChI=1S/C19H15N3O5/c23-13-8-17-16(26-10-27-17)7-12(13)18(22-19-20-4-1-5-21-19)11-2-3-14-15(6-11)25-9-24-14/h1-8,18,23H,9-10H2,(H,20,21,22)/t18-/m1/s1. The van der Waals surface area contributed by atoms with E-state index in [2.05, 4.69) is 15.3 Å². The van der Waals surface area contributed by atoms with Crippen molar-refractivity contribution >= 4 is 5.95 Å². The van der Waals surface area contributed by atoms with E-state index in [-0.39, 0.29) is 19.3 Å². The first-order valence-corrected chi connectivity index (χ1v) is 8.33. The molecular weight excluding hydrogens is 350 g/mol. The average molecular weight is 365 g/mol. The molecule has 2 aliphatic rings. The summed E-state index contributed by atoms with van der Waals surface area (Å²) >= 11 is 0. The second-order valence-corrected chi connectivity index (χ2v) is 6.03. The molecule has 2 N–H and O–H groups in total. The Labute approximate surface area is 154 Å². The summed E-state index contributed by atoms with van der Waals surface area (Å²) in [5.74, 6) is 2.92. The van der Waals surface area contributed by atoms with Gasteiger partial charge in [-0.2, -0.15) is 0 Å². The molecule has 27 heavy (non-hydrogen) atoms. The molecule has 3 aromatic rings. The van der Waals surface area contributed by atoms with Crippen molar-refractivity contribution in [1.29, 1.82) is 0 Å². The Bertz CT molecular complexity index is 996. The molecule has 0 unspecified atom stereocenters. The molecule has 0 aliphatic carbocycles. The van der Waals surface area contributed by atoms with Gasteiger partial charge in [0.25, 0.3) is 0 Å². The SMILES string of the molecule is Oc1cc2c(cc1[C@H](Nc1ncccn1)c1ccc3c(c1)OCO3)OCO2. The highest BCUT2D eigenvalue weighted by Crippen LogP contribution is 2.43. The number of anilines is 1. The third kappa shape index (κ3) is 2.80. The first-order chi connectivity index (χ1) is 13.3. The van der Waals surface area contributed by atoms with Crippen molar-refractivity contribution in [3.05, 3.63) is 59.9 Å². The third-order valence-corrected chi connectivity index (χ3v) is 4.40. The summed E-state index contributed by atoms with van der Waals surface area (Å²) in [6.07, 6.45) is 3.29. The summed E-state index contributed by atoms with van der Waals surface area (Å²) in [6.45, 7) is 0.316. The fraction of sp³-hybridized carbons (Fsp3) is 0.158. The van der Waals surface area contributed by atoms with Gasteiger partial charge in [-0.25, -0.2) is 9.97 Å². The maximum atomic E-state index is 10.6. The van der Waals surface area contributed by atoms with Crippen LogP contribution in [0.1, 0.15) is 17.2 Å². The topological polar surface area (TPSA) is 95.0 Å². The van der Waals surface area contributed by atoms with Crippen molar-refractivity contribution in [3.63, 3.8) is 0 Å². The van der Waals surface area contributed by atoms with E-state index in [1.165, 1.54) is 0 Å². The van der Waals surface area contributed by atoms with E-state index >= 15 is 0 Å². The fourth-order valence-corrected chi connectivity index (χ4v) is 3.11. The number of phenolic OH excluding ortho intramolecular Hbond substituents is 1. The average Bonchev–Trinajstić information content (AvgIpc) is 3.34. The summed E-state index contributed by atoms with van der Waals surface area (Å²) in [5, 5.41) is 13.9. The first kappa shape index (κ1) is 15.6. The summed E-state index contributed by atoms with van der Waals surface area (Å²) in [4.78, 5) is 8.46. The molecule has 1 aromatic heterocycles. The lowest BCUT2D eigenvalue weighted by molar-refractivity contribution is 0.173. The van der Waals surface area contributed by atoms with Gasteiger partial charge in [0.05, 0.1) is 6.04 Å². The highest BCUT2D eigenvalue weighted by atomic mass is 16.7. The molecule has 8 nitrogen and oxygen atoms in total. The van der Waals surface area contributed by atoms with Crippen LogP contribution in [0.2, 0.25) is 0 Å². The minimum Gasteiger partial charge on any atom is -0.507 e. The first-order valence-electron chi connectivity index (χ1n) is 8.33. The van der Waals surface area contributed by atoms with Gasteiger partial charge in [0.1, 0.15) is 5.75 Å². The van der Waals surface area contributed by atoms with Gasteiger partial charge < -0.3 is 29.4 Å². The van der Waals surface area contributed by atoms with Gasteiger partial charge in [0.15, 0.2) is 23.0 Å². The van der Waals surface area contributed by atoms with Crippen LogP contribution in [-0.2, 0) is 0 Å². The van der Waals surface area contributed by atoms with Gasteiger partial charge in [0.2, 0.25) is 19.5 Å². The number of fused-ring (bicyclic) bond motifs is 2. The van der Waals surface area contributed by atoms with Gasteiger partial charge >= 0.3 is 0 Å². The molecule has 0 bridgehead atoms. The summed E-state index contributed by atoms with van der Waals surface area (Å²) in [6, 6.07) is 10.2. The largest absolute Gasteiger partial charge is 0.507 e. The van der Waals surface area contributed by atoms with Crippen molar-refractivity contribution in [2.75, 3.05) is 18.9 Å². The molecule has 0 fully saturated rings. The van der Waals surface area contributed by atoms with E-state index in [9.17, 15) is 5.11 Å². The van der Waals surface area contributed by atoms with Crippen LogP contribution in [0.3, 0.4) is 0 Å². The lowest BCUT2D eigenvalue weighted by atomic mass is 9.97. The minimum atomic E-state index is -0.448. The van der Waals surface area contributed by atoms with E-state index in [1.807, 2.05) is 18.2 Å². The van der Waals surface area contributed by atoms with Gasteiger partial charge in [-0.05, 0) is 29.8 Å². The predicted molar refractivity (Wildman–Crippen MR) is 94.3 cm³/mol. The second-order valence-electron chi connectivity index (χ2n) is 6.03. The quantitative estimate of drug-likeness (QED) is 0.729. The van der Waals surface area contributed by atoms with Gasteiger partial charge in [-0.1, -0.05) is 6.07 Å². The molecule has 0 saturated heterocycles. The van der Waals surface area contributed by atoms with Crippen molar-refractivity contribution in [2.24, 2.45) is 0 Å². The minimum absolute atomic E-state index is 0.0744. The summed E-state index contributed by atoms with van der Waals surface area (Å²) in [5.41, 5.74) is 1.45. The lowest BCUT2D eigenvalue weighted by Gasteiger charge is -2.21. The van der Waals surface area contributed by atoms with Gasteiger partial charge in [0, 0.05) is 24.0 Å². The van der Waals surface area contributed by atoms with Crippen molar-refractivity contribution in [1.82, 2.24) is 9.97 Å². The van der Waals surface area contributed by atoms with Crippen molar-refractivity contribution < 1.29 is 24.1 Å². The van der Waals surface area contributed by atoms with E-state index in [0.29, 0.717) is 34.5 Å². The molecule has 0 radical (unpaired) electrons. The smallest absolute Gasteiger partial charge is 0.231 e. The number of hydrogen-bond donors (Lipinski definition) is 2. The van der Waals surface area contributed by atoms with E-state index in [0.717, 1.165) is 5.56 Å². The molecule has 5 rings (SSSR count). The highest BCUT2D eigenvalue weighted by Gasteiger charge is 2.26. The summed E-state index contributed by atoms with van der Waals surface area (Å²) in [7, 11) is 0. The van der Waals surface area contributed by atoms with E-state index < -0.39 is 6.04 Å². The van der Waals surface area contributed by atoms with Crippen LogP contribution in [0.5, 0.6) is 28.7 Å². The summed E-state index contributed by atoms with van der Waals surface area (Å²) < 4.78 is 21.7. The number of hydrogen-bond acceptors (Lipinski definition) is 8. The van der Waals surface area contributed by atoms with Crippen molar-refractivity contribution in [2.45, 2.75) is 6.04 Å². The predicted octanol–water partition coefficient (Wildman–Crippen LogP) is 2.84. The number of benzene rings is 2. The van der Waals surface area contributed by atoms with Crippen LogP contribution in [-0.4, -0.2) is 28.7 Å². The molecule has 2 aliphatic heterocycles. The number of rotatable bonds is 4. The molecule has 2 aromatic carbocycles. The number of nitrogens with zero attached hydrogens (tertiary/aromatic N) is 2. The van der Waals surface area contributed by atoms with Crippen LogP contribution in [0.25, 0.3) is 0 Å². The second kappa shape index (κ2) is 6.24. The molecule has 8 heteroatoms. The molecule has 0 spiro atoms. The van der Waals surface area contributed by atoms with Crippen LogP contribution in [0.15, 0.2) is 48.8 Å².